The number of methoxy groups -OCH3 is 1. The molecule has 0 bridgehead atoms. The topological polar surface area (TPSA) is 47.3 Å². The van der Waals surface area contributed by atoms with Crippen molar-refractivity contribution >= 4 is 0 Å². The Bertz CT molecular complexity index is 167. The van der Waals surface area contributed by atoms with Crippen molar-refractivity contribution in [2.45, 2.75) is 58.1 Å². The second kappa shape index (κ2) is 6.46. The van der Waals surface area contributed by atoms with Crippen LogP contribution in [0.4, 0.5) is 0 Å². The molecule has 1 aliphatic rings. The average molecular weight is 214 g/mol. The van der Waals surface area contributed by atoms with E-state index >= 15 is 0 Å². The highest BCUT2D eigenvalue weighted by Crippen LogP contribution is 2.30. The van der Waals surface area contributed by atoms with Gasteiger partial charge in [0.05, 0.1) is 6.10 Å². The third-order valence-electron chi connectivity index (χ3n) is 3.65. The molecule has 3 heteroatoms. The van der Waals surface area contributed by atoms with Crippen LogP contribution in [0.2, 0.25) is 0 Å². The Hall–Kier alpha value is -0.120. The molecule has 0 radical (unpaired) electrons. The van der Waals surface area contributed by atoms with Crippen molar-refractivity contribution in [1.29, 1.82) is 0 Å². The van der Waals surface area contributed by atoms with E-state index in [2.05, 4.69) is 19.3 Å². The fourth-order valence-electron chi connectivity index (χ4n) is 2.76. The van der Waals surface area contributed by atoms with Crippen LogP contribution in [-0.2, 0) is 4.74 Å². The maximum Gasteiger partial charge on any atom is 0.0768 e. The summed E-state index contributed by atoms with van der Waals surface area (Å²) in [5, 5.41) is 0. The molecule has 0 aromatic rings. The van der Waals surface area contributed by atoms with Crippen LogP contribution in [0.15, 0.2) is 0 Å². The lowest BCUT2D eigenvalue weighted by atomic mass is 9.80. The zero-order valence-corrected chi connectivity index (χ0v) is 10.3. The van der Waals surface area contributed by atoms with Crippen molar-refractivity contribution in [3.05, 3.63) is 0 Å². The average Bonchev–Trinajstić information content (AvgIpc) is 2.26. The Morgan fingerprint density at radius 3 is 2.20 bits per heavy atom. The zero-order chi connectivity index (χ0) is 11.3. The van der Waals surface area contributed by atoms with E-state index in [0.717, 1.165) is 0 Å². The first-order chi connectivity index (χ1) is 7.20. The molecule has 2 atom stereocenters. The van der Waals surface area contributed by atoms with Gasteiger partial charge in [-0.15, -0.1) is 0 Å². The van der Waals surface area contributed by atoms with Crippen LogP contribution in [0.1, 0.15) is 46.0 Å². The second-order valence-corrected chi connectivity index (χ2v) is 5.03. The second-order valence-electron chi connectivity index (χ2n) is 5.03. The highest BCUT2D eigenvalue weighted by Gasteiger charge is 2.31. The van der Waals surface area contributed by atoms with Gasteiger partial charge in [0, 0.05) is 13.2 Å². The summed E-state index contributed by atoms with van der Waals surface area (Å²) < 4.78 is 5.66. The fourth-order valence-corrected chi connectivity index (χ4v) is 2.76. The van der Waals surface area contributed by atoms with E-state index in [0.29, 0.717) is 11.8 Å². The number of ether oxygens (including phenoxy) is 1. The molecule has 15 heavy (non-hydrogen) atoms. The highest BCUT2D eigenvalue weighted by molar-refractivity contribution is 4.85. The van der Waals surface area contributed by atoms with Crippen molar-refractivity contribution in [1.82, 2.24) is 5.43 Å². The minimum Gasteiger partial charge on any atom is -0.379 e. The van der Waals surface area contributed by atoms with Gasteiger partial charge in [-0.3, -0.25) is 11.3 Å². The molecular weight excluding hydrogens is 188 g/mol. The first-order valence-electron chi connectivity index (χ1n) is 6.19. The highest BCUT2D eigenvalue weighted by atomic mass is 16.5. The van der Waals surface area contributed by atoms with Crippen molar-refractivity contribution < 1.29 is 4.74 Å². The van der Waals surface area contributed by atoms with Crippen molar-refractivity contribution in [3.8, 4) is 0 Å². The van der Waals surface area contributed by atoms with Gasteiger partial charge in [-0.05, 0) is 24.7 Å². The lowest BCUT2D eigenvalue weighted by Crippen LogP contribution is -2.51. The van der Waals surface area contributed by atoms with Gasteiger partial charge in [-0.2, -0.15) is 0 Å². The van der Waals surface area contributed by atoms with Crippen LogP contribution >= 0.6 is 0 Å². The fraction of sp³-hybridized carbons (Fsp3) is 1.00. The van der Waals surface area contributed by atoms with Gasteiger partial charge < -0.3 is 4.74 Å². The van der Waals surface area contributed by atoms with E-state index < -0.39 is 0 Å². The van der Waals surface area contributed by atoms with Gasteiger partial charge in [0.1, 0.15) is 0 Å². The number of hydrogen-bond donors (Lipinski definition) is 2. The molecule has 1 aliphatic carbocycles. The molecule has 2 unspecified atom stereocenters. The summed E-state index contributed by atoms with van der Waals surface area (Å²) in [7, 11) is 1.81. The molecule has 0 spiro atoms. The van der Waals surface area contributed by atoms with E-state index in [4.69, 9.17) is 10.6 Å². The molecule has 0 amide bonds. The van der Waals surface area contributed by atoms with Crippen LogP contribution in [-0.4, -0.2) is 19.3 Å². The number of nitrogens with one attached hydrogen (secondary N) is 1. The first-order valence-corrected chi connectivity index (χ1v) is 6.19. The van der Waals surface area contributed by atoms with Crippen molar-refractivity contribution in [2.24, 2.45) is 17.7 Å². The van der Waals surface area contributed by atoms with Crippen LogP contribution in [0.3, 0.4) is 0 Å². The molecule has 1 fully saturated rings. The number of rotatable bonds is 5. The van der Waals surface area contributed by atoms with E-state index in [-0.39, 0.29) is 12.1 Å². The van der Waals surface area contributed by atoms with Crippen LogP contribution < -0.4 is 11.3 Å². The SMILES string of the molecule is COC(C1CCCCC1)C(NN)C(C)C. The predicted molar refractivity (Wildman–Crippen MR) is 63.3 cm³/mol. The number of hydrazine groups is 1. The van der Waals surface area contributed by atoms with E-state index in [1.165, 1.54) is 32.1 Å². The quantitative estimate of drug-likeness (QED) is 0.544. The Labute approximate surface area is 93.7 Å². The molecular formula is C12H26N2O. The lowest BCUT2D eigenvalue weighted by molar-refractivity contribution is -0.00370. The van der Waals surface area contributed by atoms with Crippen molar-refractivity contribution in [2.75, 3.05) is 7.11 Å². The van der Waals surface area contributed by atoms with Gasteiger partial charge in [0.2, 0.25) is 0 Å². The monoisotopic (exact) mass is 214 g/mol. The standard InChI is InChI=1S/C12H26N2O/c1-9(2)11(14-13)12(15-3)10-7-5-4-6-8-10/h9-12,14H,4-8,13H2,1-3H3. The minimum atomic E-state index is 0.273. The summed E-state index contributed by atoms with van der Waals surface area (Å²) in [6.07, 6.45) is 6.94. The summed E-state index contributed by atoms with van der Waals surface area (Å²) in [5.41, 5.74) is 2.92. The minimum absolute atomic E-state index is 0.273. The summed E-state index contributed by atoms with van der Waals surface area (Å²) >= 11 is 0. The van der Waals surface area contributed by atoms with E-state index in [1.807, 2.05) is 7.11 Å². The number of hydrogen-bond acceptors (Lipinski definition) is 3. The predicted octanol–water partition coefficient (Wildman–Crippen LogP) is 2.07. The smallest absolute Gasteiger partial charge is 0.0768 e. The van der Waals surface area contributed by atoms with Gasteiger partial charge in [-0.1, -0.05) is 33.1 Å². The summed E-state index contributed by atoms with van der Waals surface area (Å²) in [5.74, 6) is 6.83. The molecule has 0 saturated heterocycles. The lowest BCUT2D eigenvalue weighted by Gasteiger charge is -2.36. The van der Waals surface area contributed by atoms with Gasteiger partial charge in [0.25, 0.3) is 0 Å². The van der Waals surface area contributed by atoms with Crippen LogP contribution in [0.5, 0.6) is 0 Å². The normalized spacial score (nSPS) is 23.0. The molecule has 0 aromatic heterocycles. The molecule has 90 valence electrons. The molecule has 1 saturated carbocycles. The largest absolute Gasteiger partial charge is 0.379 e. The Kier molecular flexibility index (Phi) is 5.58. The summed E-state index contributed by atoms with van der Waals surface area (Å²) in [6.45, 7) is 4.39. The van der Waals surface area contributed by atoms with Crippen molar-refractivity contribution in [3.63, 3.8) is 0 Å². The Morgan fingerprint density at radius 2 is 1.80 bits per heavy atom. The summed E-state index contributed by atoms with van der Waals surface area (Å²) in [6, 6.07) is 0.276. The maximum absolute atomic E-state index is 5.66. The Morgan fingerprint density at radius 1 is 1.20 bits per heavy atom. The number of nitrogens with two attached hydrogens (primary N) is 1. The Balaban J connectivity index is 2.58. The van der Waals surface area contributed by atoms with Crippen LogP contribution in [0.25, 0.3) is 0 Å². The van der Waals surface area contributed by atoms with Gasteiger partial charge >= 0.3 is 0 Å². The van der Waals surface area contributed by atoms with Gasteiger partial charge in [0.15, 0.2) is 0 Å². The molecule has 3 N–H and O–H groups in total. The molecule has 0 aromatic carbocycles. The van der Waals surface area contributed by atoms with Gasteiger partial charge in [-0.25, -0.2) is 0 Å². The zero-order valence-electron chi connectivity index (χ0n) is 10.3. The first kappa shape index (κ1) is 12.9. The molecule has 0 heterocycles. The molecule has 1 rings (SSSR count). The molecule has 3 nitrogen and oxygen atoms in total. The van der Waals surface area contributed by atoms with E-state index in [1.54, 1.807) is 0 Å². The third-order valence-corrected chi connectivity index (χ3v) is 3.65. The maximum atomic E-state index is 5.66. The van der Waals surface area contributed by atoms with E-state index in [9.17, 15) is 0 Å². The van der Waals surface area contributed by atoms with Crippen LogP contribution in [0, 0.1) is 11.8 Å². The molecule has 0 aliphatic heterocycles. The summed E-state index contributed by atoms with van der Waals surface area (Å²) in [4.78, 5) is 0. The third kappa shape index (κ3) is 3.44.